The predicted molar refractivity (Wildman–Crippen MR) is 49.5 cm³/mol. The van der Waals surface area contributed by atoms with Gasteiger partial charge in [0, 0.05) is 19.1 Å². The third-order valence-electron chi connectivity index (χ3n) is 3.39. The van der Waals surface area contributed by atoms with Gasteiger partial charge in [-0.2, -0.15) is 0 Å². The molecule has 3 unspecified atom stereocenters. The number of aliphatic carboxylic acids is 1. The molecule has 2 rings (SSSR count). The van der Waals surface area contributed by atoms with Gasteiger partial charge < -0.3 is 5.11 Å². The van der Waals surface area contributed by atoms with Crippen molar-refractivity contribution in [3.63, 3.8) is 0 Å². The van der Waals surface area contributed by atoms with Crippen molar-refractivity contribution in [1.82, 2.24) is 4.90 Å². The highest BCUT2D eigenvalue weighted by molar-refractivity contribution is 5.70. The van der Waals surface area contributed by atoms with Gasteiger partial charge in [0.15, 0.2) is 0 Å². The Kier molecular flexibility index (Phi) is 2.28. The third-order valence-corrected chi connectivity index (χ3v) is 3.39. The first-order valence-electron chi connectivity index (χ1n) is 5.13. The highest BCUT2D eigenvalue weighted by Gasteiger charge is 2.36. The van der Waals surface area contributed by atoms with Gasteiger partial charge in [0.2, 0.25) is 0 Å². The first-order chi connectivity index (χ1) is 6.16. The lowest BCUT2D eigenvalue weighted by Gasteiger charge is -2.32. The van der Waals surface area contributed by atoms with Gasteiger partial charge in [0.05, 0.1) is 5.92 Å². The maximum absolute atomic E-state index is 10.8. The first-order valence-corrected chi connectivity index (χ1v) is 5.13. The van der Waals surface area contributed by atoms with Crippen LogP contribution in [0.2, 0.25) is 0 Å². The Morgan fingerprint density at radius 1 is 1.38 bits per heavy atom. The topological polar surface area (TPSA) is 40.5 Å². The second-order valence-corrected chi connectivity index (χ2v) is 4.56. The molecule has 0 aromatic heterocycles. The van der Waals surface area contributed by atoms with Gasteiger partial charge in [-0.05, 0) is 25.2 Å². The summed E-state index contributed by atoms with van der Waals surface area (Å²) >= 11 is 0. The Morgan fingerprint density at radius 3 is 2.85 bits per heavy atom. The van der Waals surface area contributed by atoms with Crippen molar-refractivity contribution < 1.29 is 9.90 Å². The molecule has 0 amide bonds. The monoisotopic (exact) mass is 183 g/mol. The summed E-state index contributed by atoms with van der Waals surface area (Å²) in [7, 11) is 0. The van der Waals surface area contributed by atoms with Gasteiger partial charge in [-0.3, -0.25) is 9.69 Å². The molecule has 2 aliphatic rings. The number of nitrogens with zero attached hydrogens (tertiary/aromatic N) is 1. The molecule has 0 aromatic carbocycles. The van der Waals surface area contributed by atoms with Crippen molar-refractivity contribution in [2.24, 2.45) is 11.8 Å². The second-order valence-electron chi connectivity index (χ2n) is 4.56. The van der Waals surface area contributed by atoms with Crippen LogP contribution in [0.3, 0.4) is 0 Å². The van der Waals surface area contributed by atoms with Crippen molar-refractivity contribution in [2.75, 3.05) is 13.1 Å². The first kappa shape index (κ1) is 9.00. The van der Waals surface area contributed by atoms with Gasteiger partial charge in [-0.15, -0.1) is 0 Å². The van der Waals surface area contributed by atoms with Gasteiger partial charge in [-0.25, -0.2) is 0 Å². The standard InChI is InChI=1S/C10H17NO2/c1-7-4-9-3-2-8(10(12)13)6-11(9)5-7/h7-9H,2-6H2,1H3,(H,12,13). The molecule has 0 aromatic rings. The molecular weight excluding hydrogens is 166 g/mol. The molecule has 2 fully saturated rings. The average Bonchev–Trinajstić information content (AvgIpc) is 2.42. The van der Waals surface area contributed by atoms with Crippen LogP contribution in [0.4, 0.5) is 0 Å². The number of piperidine rings is 1. The van der Waals surface area contributed by atoms with Crippen molar-refractivity contribution in [2.45, 2.75) is 32.2 Å². The summed E-state index contributed by atoms with van der Waals surface area (Å²) in [5, 5.41) is 8.90. The van der Waals surface area contributed by atoms with Crippen LogP contribution in [0.25, 0.3) is 0 Å². The summed E-state index contributed by atoms with van der Waals surface area (Å²) in [6.45, 7) is 4.15. The van der Waals surface area contributed by atoms with Crippen LogP contribution in [0, 0.1) is 11.8 Å². The number of hydrogen-bond donors (Lipinski definition) is 1. The Balaban J connectivity index is 1.97. The number of fused-ring (bicyclic) bond motifs is 1. The zero-order valence-electron chi connectivity index (χ0n) is 8.07. The zero-order chi connectivity index (χ0) is 9.42. The molecule has 74 valence electrons. The maximum Gasteiger partial charge on any atom is 0.307 e. The fourth-order valence-electron chi connectivity index (χ4n) is 2.73. The van der Waals surface area contributed by atoms with Crippen LogP contribution in [0.15, 0.2) is 0 Å². The molecule has 3 atom stereocenters. The van der Waals surface area contributed by atoms with E-state index in [-0.39, 0.29) is 5.92 Å². The van der Waals surface area contributed by atoms with E-state index in [1.165, 1.54) is 6.42 Å². The molecule has 0 aliphatic carbocycles. The van der Waals surface area contributed by atoms with Crippen LogP contribution < -0.4 is 0 Å². The minimum Gasteiger partial charge on any atom is -0.481 e. The molecular formula is C10H17NO2. The van der Waals surface area contributed by atoms with E-state index in [1.807, 2.05) is 0 Å². The summed E-state index contributed by atoms with van der Waals surface area (Å²) in [4.78, 5) is 13.2. The van der Waals surface area contributed by atoms with E-state index in [9.17, 15) is 4.79 Å². The SMILES string of the molecule is CC1CC2CCC(C(=O)O)CN2C1. The number of carboxylic acid groups (broad SMARTS) is 1. The van der Waals surface area contributed by atoms with Crippen LogP contribution in [0.5, 0.6) is 0 Å². The largest absolute Gasteiger partial charge is 0.481 e. The summed E-state index contributed by atoms with van der Waals surface area (Å²) in [6, 6.07) is 0.686. The average molecular weight is 183 g/mol. The zero-order valence-corrected chi connectivity index (χ0v) is 8.07. The molecule has 0 bridgehead atoms. The number of carbonyl (C=O) groups is 1. The van der Waals surface area contributed by atoms with E-state index in [4.69, 9.17) is 5.11 Å². The fraction of sp³-hybridized carbons (Fsp3) is 0.900. The molecule has 2 aliphatic heterocycles. The molecule has 2 saturated heterocycles. The Bertz CT molecular complexity index is 217. The Labute approximate surface area is 78.7 Å². The lowest BCUT2D eigenvalue weighted by molar-refractivity contribution is -0.143. The van der Waals surface area contributed by atoms with E-state index in [0.29, 0.717) is 6.04 Å². The number of carboxylic acids is 1. The van der Waals surface area contributed by atoms with E-state index >= 15 is 0 Å². The minimum atomic E-state index is -0.613. The van der Waals surface area contributed by atoms with Crippen molar-refractivity contribution in [1.29, 1.82) is 0 Å². The fourth-order valence-corrected chi connectivity index (χ4v) is 2.73. The van der Waals surface area contributed by atoms with Crippen LogP contribution in [-0.4, -0.2) is 35.1 Å². The Hall–Kier alpha value is -0.570. The van der Waals surface area contributed by atoms with Crippen molar-refractivity contribution in [3.8, 4) is 0 Å². The molecule has 1 N–H and O–H groups in total. The third kappa shape index (κ3) is 1.70. The second kappa shape index (κ2) is 3.29. The Morgan fingerprint density at radius 2 is 2.15 bits per heavy atom. The van der Waals surface area contributed by atoms with Crippen molar-refractivity contribution in [3.05, 3.63) is 0 Å². The molecule has 0 radical (unpaired) electrons. The molecule has 3 nitrogen and oxygen atoms in total. The number of rotatable bonds is 1. The van der Waals surface area contributed by atoms with Gasteiger partial charge in [-0.1, -0.05) is 6.92 Å². The van der Waals surface area contributed by atoms with E-state index in [2.05, 4.69) is 11.8 Å². The summed E-state index contributed by atoms with van der Waals surface area (Å²) in [5.74, 6) is 0.0390. The van der Waals surface area contributed by atoms with Crippen LogP contribution in [-0.2, 0) is 4.79 Å². The molecule has 0 spiro atoms. The van der Waals surface area contributed by atoms with Gasteiger partial charge in [0.25, 0.3) is 0 Å². The van der Waals surface area contributed by atoms with Gasteiger partial charge >= 0.3 is 5.97 Å². The molecule has 2 heterocycles. The quantitative estimate of drug-likeness (QED) is 0.664. The van der Waals surface area contributed by atoms with Crippen molar-refractivity contribution >= 4 is 5.97 Å². The number of hydrogen-bond acceptors (Lipinski definition) is 2. The van der Waals surface area contributed by atoms with Gasteiger partial charge in [0.1, 0.15) is 0 Å². The highest BCUT2D eigenvalue weighted by Crippen LogP contribution is 2.32. The van der Waals surface area contributed by atoms with E-state index in [0.717, 1.165) is 31.8 Å². The summed E-state index contributed by atoms with van der Waals surface area (Å²) < 4.78 is 0. The van der Waals surface area contributed by atoms with Crippen LogP contribution in [0.1, 0.15) is 26.2 Å². The molecule has 3 heteroatoms. The van der Waals surface area contributed by atoms with E-state index < -0.39 is 5.97 Å². The lowest BCUT2D eigenvalue weighted by atomic mass is 9.93. The summed E-state index contributed by atoms with van der Waals surface area (Å²) in [5.41, 5.74) is 0. The maximum atomic E-state index is 10.8. The molecule has 0 saturated carbocycles. The normalized spacial score (nSPS) is 40.2. The summed E-state index contributed by atoms with van der Waals surface area (Å²) in [6.07, 6.45) is 3.23. The van der Waals surface area contributed by atoms with E-state index in [1.54, 1.807) is 0 Å². The minimum absolute atomic E-state index is 0.110. The lowest BCUT2D eigenvalue weighted by Crippen LogP contribution is -2.41. The highest BCUT2D eigenvalue weighted by atomic mass is 16.4. The van der Waals surface area contributed by atoms with Crippen LogP contribution >= 0.6 is 0 Å². The molecule has 13 heavy (non-hydrogen) atoms. The smallest absolute Gasteiger partial charge is 0.307 e. The predicted octanol–water partition coefficient (Wildman–Crippen LogP) is 1.19.